The third kappa shape index (κ3) is 4.46. The summed E-state index contributed by atoms with van der Waals surface area (Å²) < 4.78 is 228. The first-order chi connectivity index (χ1) is 38.7. The van der Waals surface area contributed by atoms with Crippen molar-refractivity contribution in [1.29, 1.82) is 0 Å². The van der Waals surface area contributed by atoms with Gasteiger partial charge in [0.1, 0.15) is 34.3 Å². The fraction of sp³-hybridized carbons (Fsp3) is 0. The number of para-hydroxylation sites is 3. The lowest BCUT2D eigenvalue weighted by molar-refractivity contribution is 0.667. The molecule has 0 saturated heterocycles. The summed E-state index contributed by atoms with van der Waals surface area (Å²) in [5.41, 5.74) is -2.72. The molecule has 0 aliphatic heterocycles. The zero-order valence-corrected chi connectivity index (χ0v) is 29.8. The van der Waals surface area contributed by atoms with Gasteiger partial charge >= 0.3 is 0 Å². The summed E-state index contributed by atoms with van der Waals surface area (Å²) in [6, 6.07) is -9.61. The van der Waals surface area contributed by atoms with E-state index in [-0.39, 0.29) is 108 Å². The normalized spacial score (nSPS) is 17.9. The van der Waals surface area contributed by atoms with E-state index >= 15 is 0 Å². The summed E-state index contributed by atoms with van der Waals surface area (Å²) >= 11 is 0.813. The topological polar surface area (TPSA) is 57.0 Å². The van der Waals surface area contributed by atoms with Crippen LogP contribution < -0.4 is 0 Å². The molecule has 8 aromatic carbocycles. The van der Waals surface area contributed by atoms with Gasteiger partial charge in [-0.05, 0) is 71.1 Å². The van der Waals surface area contributed by atoms with E-state index in [0.717, 1.165) is 28.3 Å². The maximum atomic E-state index is 9.65. The molecule has 0 fully saturated rings. The molecule has 0 amide bonds. The molecule has 58 heavy (non-hydrogen) atoms. The first kappa shape index (κ1) is 16.5. The second-order valence-corrected chi connectivity index (χ2v) is 14.1. The van der Waals surface area contributed by atoms with Gasteiger partial charge in [0.05, 0.1) is 49.3 Å². The lowest BCUT2D eigenvalue weighted by atomic mass is 9.99. The van der Waals surface area contributed by atoms with Crippen LogP contribution in [0.15, 0.2) is 184 Å². The highest BCUT2D eigenvalue weighted by atomic mass is 32.1. The van der Waals surface area contributed by atoms with Crippen LogP contribution >= 0.6 is 11.3 Å². The van der Waals surface area contributed by atoms with E-state index in [1.165, 1.54) is 18.2 Å². The van der Waals surface area contributed by atoms with Crippen molar-refractivity contribution in [1.82, 2.24) is 14.5 Å². The Kier molecular flexibility index (Phi) is 3.41. The number of aromatic nitrogens is 3. The van der Waals surface area contributed by atoms with Gasteiger partial charge in [0.2, 0.25) is 0 Å². The third-order valence-electron chi connectivity index (χ3n) is 10.0. The van der Waals surface area contributed by atoms with E-state index in [1.807, 2.05) is 0 Å². The minimum atomic E-state index is -0.799. The second kappa shape index (κ2) is 12.0. The van der Waals surface area contributed by atoms with Crippen molar-refractivity contribution in [2.75, 3.05) is 0 Å². The van der Waals surface area contributed by atoms with Crippen molar-refractivity contribution in [3.63, 3.8) is 0 Å². The molecule has 13 aromatic rings. The zero-order valence-electron chi connectivity index (χ0n) is 53.0. The standard InChI is InChI=1S/C52H29N3O2S/c1-2-13-33(14-3-1)55-42-21-6-4-16-40(42)46-43(55)25-24-38-37-19-9-17-34(49(37)57-50(38)46)31-23-26-44-41(28-31)48-51(56-44)47(53-29-54-48)32-12-8-11-30(27-32)35-18-10-20-39-36-15-5-7-22-45(36)58-52(35)39/h1-29H/i1D,2D,3D,4D,5D,6D,7D,9D,10D,11D,12D,13D,14D,15D,16D,17D,18D,19D,20D,21D,22D,24D,25D,27D. The van der Waals surface area contributed by atoms with E-state index < -0.39 is 162 Å². The van der Waals surface area contributed by atoms with Crippen LogP contribution in [-0.2, 0) is 0 Å². The predicted molar refractivity (Wildman–Crippen MR) is 240 cm³/mol. The average Bonchev–Trinajstić information content (AvgIpc) is 2.04. The molecule has 0 radical (unpaired) electrons. The number of benzene rings is 8. The molecular formula is C52H29N3O2S. The summed E-state index contributed by atoms with van der Waals surface area (Å²) in [4.78, 5) is 8.92. The average molecular weight is 784 g/mol. The zero-order chi connectivity index (χ0) is 58.8. The molecule has 5 heterocycles. The maximum Gasteiger partial charge on any atom is 0.180 e. The lowest BCUT2D eigenvalue weighted by Crippen LogP contribution is -1.92. The Morgan fingerprint density at radius 3 is 2.24 bits per heavy atom. The molecule has 5 nitrogen and oxygen atoms in total. The number of nitrogens with zero attached hydrogens (tertiary/aromatic N) is 3. The van der Waals surface area contributed by atoms with Crippen LogP contribution in [-0.4, -0.2) is 14.5 Å². The van der Waals surface area contributed by atoms with Crippen LogP contribution in [0.5, 0.6) is 0 Å². The fourth-order valence-corrected chi connectivity index (χ4v) is 8.60. The largest absolute Gasteiger partial charge is 0.455 e. The molecule has 0 N–H and O–H groups in total. The molecule has 270 valence electrons. The Morgan fingerprint density at radius 2 is 1.31 bits per heavy atom. The molecule has 13 rings (SSSR count). The molecule has 6 heteroatoms. The van der Waals surface area contributed by atoms with E-state index in [2.05, 4.69) is 9.97 Å². The first-order valence-electron chi connectivity index (χ1n) is 29.4. The van der Waals surface area contributed by atoms with Gasteiger partial charge in [-0.3, -0.25) is 0 Å². The van der Waals surface area contributed by atoms with Crippen molar-refractivity contribution >= 4 is 97.3 Å². The van der Waals surface area contributed by atoms with Gasteiger partial charge in [0.25, 0.3) is 0 Å². The summed E-state index contributed by atoms with van der Waals surface area (Å²) in [5, 5.41) is -1.00. The van der Waals surface area contributed by atoms with Gasteiger partial charge in [0.15, 0.2) is 5.58 Å². The predicted octanol–water partition coefficient (Wildman–Crippen LogP) is 14.7. The van der Waals surface area contributed by atoms with Gasteiger partial charge in [-0.2, -0.15) is 0 Å². The minimum absolute atomic E-state index is 0.0288. The van der Waals surface area contributed by atoms with Crippen molar-refractivity contribution in [3.05, 3.63) is 176 Å². The highest BCUT2D eigenvalue weighted by Gasteiger charge is 2.22. The highest BCUT2D eigenvalue weighted by Crippen LogP contribution is 2.45. The number of furan rings is 2. The summed E-state index contributed by atoms with van der Waals surface area (Å²) in [6.07, 6.45) is 1.12. The molecule has 0 spiro atoms. The first-order valence-corrected chi connectivity index (χ1v) is 18.2. The van der Waals surface area contributed by atoms with E-state index in [1.54, 1.807) is 0 Å². The van der Waals surface area contributed by atoms with Crippen molar-refractivity contribution in [2.24, 2.45) is 0 Å². The Labute approximate surface area is 368 Å². The van der Waals surface area contributed by atoms with Gasteiger partial charge in [-0.25, -0.2) is 9.97 Å². The maximum absolute atomic E-state index is 9.65. The van der Waals surface area contributed by atoms with Crippen LogP contribution in [0.3, 0.4) is 0 Å². The highest BCUT2D eigenvalue weighted by molar-refractivity contribution is 7.26. The monoisotopic (exact) mass is 783 g/mol. The number of fused-ring (bicyclic) bond motifs is 13. The Hall–Kier alpha value is -7.54. The van der Waals surface area contributed by atoms with Crippen LogP contribution in [0.25, 0.3) is 125 Å². The Bertz CT molecular complexity index is 5210. The Morgan fingerprint density at radius 1 is 0.534 bits per heavy atom. The number of rotatable bonds is 4. The number of hydrogen-bond donors (Lipinski definition) is 0. The van der Waals surface area contributed by atoms with Gasteiger partial charge in [-0.15, -0.1) is 11.3 Å². The van der Waals surface area contributed by atoms with Crippen molar-refractivity contribution in [2.45, 2.75) is 0 Å². The van der Waals surface area contributed by atoms with Gasteiger partial charge in [-0.1, -0.05) is 115 Å². The van der Waals surface area contributed by atoms with Crippen LogP contribution in [0.1, 0.15) is 32.9 Å². The molecule has 0 saturated carbocycles. The molecule has 5 aromatic heterocycles. The van der Waals surface area contributed by atoms with E-state index in [0.29, 0.717) is 0 Å². The number of thiophene rings is 1. The lowest BCUT2D eigenvalue weighted by Gasteiger charge is -2.07. The minimum Gasteiger partial charge on any atom is -0.455 e. The molecular weight excluding hydrogens is 731 g/mol. The number of hydrogen-bond acceptors (Lipinski definition) is 5. The van der Waals surface area contributed by atoms with Gasteiger partial charge < -0.3 is 13.4 Å². The molecule has 0 atom stereocenters. The van der Waals surface area contributed by atoms with Crippen LogP contribution in [0.2, 0.25) is 0 Å². The summed E-state index contributed by atoms with van der Waals surface area (Å²) in [5.74, 6) is 0. The summed E-state index contributed by atoms with van der Waals surface area (Å²) in [6.45, 7) is 0. The molecule has 0 aliphatic rings. The van der Waals surface area contributed by atoms with Crippen LogP contribution in [0.4, 0.5) is 0 Å². The third-order valence-corrected chi connectivity index (χ3v) is 11.1. The van der Waals surface area contributed by atoms with Crippen molar-refractivity contribution < 1.29 is 41.7 Å². The van der Waals surface area contributed by atoms with Crippen LogP contribution in [0, 0.1) is 0 Å². The quantitative estimate of drug-likeness (QED) is 0.178. The van der Waals surface area contributed by atoms with E-state index in [4.69, 9.17) is 34.9 Å². The van der Waals surface area contributed by atoms with Crippen molar-refractivity contribution in [3.8, 4) is 39.2 Å². The summed E-state index contributed by atoms with van der Waals surface area (Å²) in [7, 11) is 0. The second-order valence-electron chi connectivity index (χ2n) is 13.0. The smallest absolute Gasteiger partial charge is 0.180 e. The Balaban J connectivity index is 1.06. The molecule has 0 unspecified atom stereocenters. The SMILES string of the molecule is [2H]c1cc([2H])c(-c2c([2H])c([2H])c([2H])c3c2sc2c([2H])c([2H])c([2H])c([2H])c23)c([2H])c1-c1ncnc2c1oc1ccc(-c3c([2H])c([2H])c([2H])c4c3oc3c4c([2H])c([2H])c4c3c3c([2H])c([2H])c([2H])c([2H])c3n4-c3c([2H])c([2H])c([2H])c([2H])c3[2H])cc12. The van der Waals surface area contributed by atoms with Gasteiger partial charge in [0, 0.05) is 58.5 Å². The molecule has 0 bridgehead atoms. The fourth-order valence-electron chi connectivity index (χ4n) is 7.53. The molecule has 0 aliphatic carbocycles. The van der Waals surface area contributed by atoms with E-state index in [9.17, 15) is 6.85 Å².